The van der Waals surface area contributed by atoms with Gasteiger partial charge in [-0.2, -0.15) is 0 Å². The third-order valence-electron chi connectivity index (χ3n) is 2.47. The molecule has 0 saturated heterocycles. The standard InChI is InChI=1S/C12H17N3O4/c1-15(7-11(13)14-17)12(16)8-4-9(18-2)6-10(5-8)19-3/h4-6,17H,7H2,1-3H3,(H2,13,14). The largest absolute Gasteiger partial charge is 0.497 e. The molecule has 0 aliphatic heterocycles. The normalized spacial score (nSPS) is 11.0. The second kappa shape index (κ2) is 6.48. The van der Waals surface area contributed by atoms with Crippen molar-refractivity contribution in [2.24, 2.45) is 10.9 Å². The van der Waals surface area contributed by atoms with Crippen molar-refractivity contribution in [3.05, 3.63) is 23.8 Å². The number of hydrogen-bond donors (Lipinski definition) is 2. The number of methoxy groups -OCH3 is 2. The second-order valence-electron chi connectivity index (χ2n) is 3.85. The maximum Gasteiger partial charge on any atom is 0.254 e. The van der Waals surface area contributed by atoms with Crippen LogP contribution in [0.3, 0.4) is 0 Å². The number of benzene rings is 1. The molecule has 0 aromatic heterocycles. The van der Waals surface area contributed by atoms with Crippen LogP contribution in [0.2, 0.25) is 0 Å². The Morgan fingerprint density at radius 2 is 1.84 bits per heavy atom. The predicted molar refractivity (Wildman–Crippen MR) is 69.9 cm³/mol. The van der Waals surface area contributed by atoms with E-state index in [1.54, 1.807) is 25.2 Å². The zero-order chi connectivity index (χ0) is 14.4. The van der Waals surface area contributed by atoms with Gasteiger partial charge in [0.2, 0.25) is 0 Å². The number of nitrogens with zero attached hydrogens (tertiary/aromatic N) is 2. The smallest absolute Gasteiger partial charge is 0.254 e. The van der Waals surface area contributed by atoms with E-state index in [-0.39, 0.29) is 18.3 Å². The van der Waals surface area contributed by atoms with Crippen LogP contribution in [0, 0.1) is 0 Å². The van der Waals surface area contributed by atoms with Crippen molar-refractivity contribution >= 4 is 11.7 Å². The summed E-state index contributed by atoms with van der Waals surface area (Å²) in [7, 11) is 4.55. The number of amides is 1. The Hall–Kier alpha value is -2.44. The average Bonchev–Trinajstić information content (AvgIpc) is 2.45. The molecule has 0 aliphatic rings. The highest BCUT2D eigenvalue weighted by Gasteiger charge is 2.15. The third kappa shape index (κ3) is 3.77. The van der Waals surface area contributed by atoms with E-state index in [4.69, 9.17) is 20.4 Å². The van der Waals surface area contributed by atoms with Crippen LogP contribution >= 0.6 is 0 Å². The minimum atomic E-state index is -0.288. The summed E-state index contributed by atoms with van der Waals surface area (Å²) in [6.45, 7) is 0.0227. The fraction of sp³-hybridized carbons (Fsp3) is 0.333. The summed E-state index contributed by atoms with van der Waals surface area (Å²) in [5.74, 6) is 0.689. The molecule has 1 aromatic rings. The monoisotopic (exact) mass is 267 g/mol. The van der Waals surface area contributed by atoms with Crippen LogP contribution < -0.4 is 15.2 Å². The molecule has 1 rings (SSSR count). The topological polar surface area (TPSA) is 97.4 Å². The van der Waals surface area contributed by atoms with Crippen LogP contribution in [-0.4, -0.2) is 49.7 Å². The fourth-order valence-corrected chi connectivity index (χ4v) is 1.50. The highest BCUT2D eigenvalue weighted by atomic mass is 16.5. The lowest BCUT2D eigenvalue weighted by molar-refractivity contribution is 0.0813. The van der Waals surface area contributed by atoms with Gasteiger partial charge in [0.15, 0.2) is 5.84 Å². The maximum absolute atomic E-state index is 12.2. The van der Waals surface area contributed by atoms with Gasteiger partial charge in [0.1, 0.15) is 11.5 Å². The van der Waals surface area contributed by atoms with Crippen molar-refractivity contribution in [3.8, 4) is 11.5 Å². The van der Waals surface area contributed by atoms with Gasteiger partial charge in [-0.3, -0.25) is 4.79 Å². The lowest BCUT2D eigenvalue weighted by Gasteiger charge is -2.17. The first-order valence-corrected chi connectivity index (χ1v) is 5.46. The summed E-state index contributed by atoms with van der Waals surface area (Å²) in [4.78, 5) is 13.5. The molecule has 19 heavy (non-hydrogen) atoms. The zero-order valence-corrected chi connectivity index (χ0v) is 11.1. The second-order valence-corrected chi connectivity index (χ2v) is 3.85. The first-order valence-electron chi connectivity index (χ1n) is 5.46. The van der Waals surface area contributed by atoms with Crippen molar-refractivity contribution in [1.29, 1.82) is 0 Å². The minimum Gasteiger partial charge on any atom is -0.497 e. The molecule has 0 atom stereocenters. The van der Waals surface area contributed by atoms with Gasteiger partial charge >= 0.3 is 0 Å². The zero-order valence-electron chi connectivity index (χ0n) is 11.1. The number of carbonyl (C=O) groups is 1. The van der Waals surface area contributed by atoms with Crippen molar-refractivity contribution in [2.45, 2.75) is 0 Å². The van der Waals surface area contributed by atoms with E-state index in [2.05, 4.69) is 5.16 Å². The number of nitrogens with two attached hydrogens (primary N) is 1. The Morgan fingerprint density at radius 3 is 2.26 bits per heavy atom. The summed E-state index contributed by atoms with van der Waals surface area (Å²) in [5.41, 5.74) is 5.75. The van der Waals surface area contributed by atoms with Crippen LogP contribution in [0.1, 0.15) is 10.4 Å². The predicted octanol–water partition coefficient (Wildman–Crippen LogP) is 0.522. The van der Waals surface area contributed by atoms with Gasteiger partial charge in [0.25, 0.3) is 5.91 Å². The molecule has 7 nitrogen and oxygen atoms in total. The van der Waals surface area contributed by atoms with Crippen LogP contribution in [-0.2, 0) is 0 Å². The molecule has 1 amide bonds. The van der Waals surface area contributed by atoms with Crippen LogP contribution in [0.25, 0.3) is 0 Å². The quantitative estimate of drug-likeness (QED) is 0.351. The van der Waals surface area contributed by atoms with Crippen molar-refractivity contribution < 1.29 is 19.5 Å². The van der Waals surface area contributed by atoms with Crippen molar-refractivity contribution in [2.75, 3.05) is 27.8 Å². The van der Waals surface area contributed by atoms with Gasteiger partial charge < -0.3 is 25.3 Å². The Bertz CT molecular complexity index is 466. The number of hydrogen-bond acceptors (Lipinski definition) is 5. The average molecular weight is 267 g/mol. The number of rotatable bonds is 5. The highest BCUT2D eigenvalue weighted by Crippen LogP contribution is 2.23. The molecule has 0 bridgehead atoms. The number of ether oxygens (including phenoxy) is 2. The van der Waals surface area contributed by atoms with E-state index in [1.165, 1.54) is 19.1 Å². The maximum atomic E-state index is 12.2. The molecular formula is C12H17N3O4. The first kappa shape index (κ1) is 14.6. The van der Waals surface area contributed by atoms with Gasteiger partial charge in [-0.1, -0.05) is 5.16 Å². The van der Waals surface area contributed by atoms with Gasteiger partial charge in [0.05, 0.1) is 20.8 Å². The van der Waals surface area contributed by atoms with Gasteiger partial charge in [-0.15, -0.1) is 0 Å². The van der Waals surface area contributed by atoms with Crippen LogP contribution in [0.5, 0.6) is 11.5 Å². The number of carbonyl (C=O) groups excluding carboxylic acids is 1. The summed E-state index contributed by atoms with van der Waals surface area (Å²) in [6.07, 6.45) is 0. The lowest BCUT2D eigenvalue weighted by atomic mass is 10.1. The molecule has 1 aromatic carbocycles. The van der Waals surface area contributed by atoms with Gasteiger partial charge in [0, 0.05) is 18.7 Å². The molecule has 7 heteroatoms. The molecule has 104 valence electrons. The fourth-order valence-electron chi connectivity index (χ4n) is 1.50. The third-order valence-corrected chi connectivity index (χ3v) is 2.47. The first-order chi connectivity index (χ1) is 9.01. The summed E-state index contributed by atoms with van der Waals surface area (Å²) < 4.78 is 10.2. The molecule has 3 N–H and O–H groups in total. The summed E-state index contributed by atoms with van der Waals surface area (Å²) in [5, 5.41) is 11.3. The number of amidine groups is 1. The van der Waals surface area contributed by atoms with Gasteiger partial charge in [-0.25, -0.2) is 0 Å². The van der Waals surface area contributed by atoms with E-state index in [1.807, 2.05) is 0 Å². The van der Waals surface area contributed by atoms with E-state index >= 15 is 0 Å². The SMILES string of the molecule is COc1cc(OC)cc(C(=O)N(C)CC(N)=NO)c1. The minimum absolute atomic E-state index is 0.0227. The molecule has 0 aliphatic carbocycles. The van der Waals surface area contributed by atoms with Crippen LogP contribution in [0.4, 0.5) is 0 Å². The highest BCUT2D eigenvalue weighted by molar-refractivity contribution is 5.97. The Balaban J connectivity index is 2.98. The molecule has 0 spiro atoms. The molecule has 0 heterocycles. The van der Waals surface area contributed by atoms with Crippen molar-refractivity contribution in [1.82, 2.24) is 4.90 Å². The van der Waals surface area contributed by atoms with E-state index in [9.17, 15) is 4.79 Å². The van der Waals surface area contributed by atoms with Crippen molar-refractivity contribution in [3.63, 3.8) is 0 Å². The number of oxime groups is 1. The van der Waals surface area contributed by atoms with E-state index < -0.39 is 0 Å². The van der Waals surface area contributed by atoms with Crippen LogP contribution in [0.15, 0.2) is 23.4 Å². The van der Waals surface area contributed by atoms with E-state index in [0.717, 1.165) is 0 Å². The molecular weight excluding hydrogens is 250 g/mol. The summed E-state index contributed by atoms with van der Waals surface area (Å²) in [6, 6.07) is 4.85. The Morgan fingerprint density at radius 1 is 1.32 bits per heavy atom. The number of likely N-dealkylation sites (N-methyl/N-ethyl adjacent to an activating group) is 1. The lowest BCUT2D eigenvalue weighted by Crippen LogP contribution is -2.35. The van der Waals surface area contributed by atoms with Gasteiger partial charge in [-0.05, 0) is 12.1 Å². The molecule has 0 unspecified atom stereocenters. The Kier molecular flexibility index (Phi) is 4.99. The summed E-state index contributed by atoms with van der Waals surface area (Å²) >= 11 is 0. The molecule has 0 radical (unpaired) electrons. The molecule has 0 saturated carbocycles. The Labute approximate surface area is 111 Å². The van der Waals surface area contributed by atoms with E-state index in [0.29, 0.717) is 17.1 Å². The molecule has 0 fully saturated rings.